The Hall–Kier alpha value is -2.11. The summed E-state index contributed by atoms with van der Waals surface area (Å²) < 4.78 is 15.6. The third-order valence-corrected chi connectivity index (χ3v) is 2.18. The lowest BCUT2D eigenvalue weighted by molar-refractivity contribution is 0.0520. The summed E-state index contributed by atoms with van der Waals surface area (Å²) in [4.78, 5) is 11.4. The number of hydrogen-bond acceptors (Lipinski definition) is 5. The van der Waals surface area contributed by atoms with Crippen LogP contribution in [0.15, 0.2) is 18.2 Å². The molecule has 0 saturated heterocycles. The Morgan fingerprint density at radius 3 is 2.60 bits per heavy atom. The third kappa shape index (κ3) is 5.69. The molecule has 2 N–H and O–H groups in total. The second-order valence-corrected chi connectivity index (χ2v) is 5.11. The number of benzene rings is 1. The molecule has 0 unspecified atom stereocenters. The van der Waals surface area contributed by atoms with Gasteiger partial charge in [0.15, 0.2) is 11.5 Å². The van der Waals surface area contributed by atoms with E-state index in [1.54, 1.807) is 26.8 Å². The average Bonchev–Trinajstić information content (AvgIpc) is 2.33. The first kappa shape index (κ1) is 15.9. The average molecular weight is 283 g/mol. The molecule has 0 aromatic heterocycles. The van der Waals surface area contributed by atoms with E-state index < -0.39 is 11.7 Å². The molecule has 0 aliphatic rings. The molecular weight excluding hydrogens is 262 g/mol. The number of carbonyl (C=O) groups excluding carboxylic acids is 1. The van der Waals surface area contributed by atoms with Crippen LogP contribution in [0.1, 0.15) is 20.8 Å². The normalized spacial score (nSPS) is 10.8. The van der Waals surface area contributed by atoms with Crippen LogP contribution in [0.2, 0.25) is 0 Å². The molecule has 6 nitrogen and oxygen atoms in total. The number of carbonyl (C=O) groups is 1. The third-order valence-electron chi connectivity index (χ3n) is 2.18. The van der Waals surface area contributed by atoms with Gasteiger partial charge >= 0.3 is 6.09 Å². The SMILES string of the molecule is COc1cc(O)ccc1OCCNC(=O)OC(C)(C)C. The maximum atomic E-state index is 11.4. The molecule has 6 heteroatoms. The number of phenols is 1. The minimum absolute atomic E-state index is 0.0982. The van der Waals surface area contributed by atoms with E-state index in [9.17, 15) is 9.90 Å². The Bertz CT molecular complexity index is 453. The van der Waals surface area contributed by atoms with Crippen molar-refractivity contribution in [3.8, 4) is 17.2 Å². The monoisotopic (exact) mass is 283 g/mol. The smallest absolute Gasteiger partial charge is 0.407 e. The summed E-state index contributed by atoms with van der Waals surface area (Å²) >= 11 is 0. The van der Waals surface area contributed by atoms with Gasteiger partial charge in [-0.15, -0.1) is 0 Å². The highest BCUT2D eigenvalue weighted by molar-refractivity contribution is 5.67. The number of rotatable bonds is 5. The zero-order valence-electron chi connectivity index (χ0n) is 12.2. The summed E-state index contributed by atoms with van der Waals surface area (Å²) in [5.74, 6) is 1.03. The molecule has 0 aliphatic heterocycles. The van der Waals surface area contributed by atoms with Crippen LogP contribution in [0.3, 0.4) is 0 Å². The van der Waals surface area contributed by atoms with E-state index in [0.29, 0.717) is 18.0 Å². The maximum Gasteiger partial charge on any atom is 0.407 e. The van der Waals surface area contributed by atoms with Crippen LogP contribution in [0, 0.1) is 0 Å². The Kier molecular flexibility index (Phi) is 5.49. The van der Waals surface area contributed by atoms with Gasteiger partial charge in [-0.3, -0.25) is 0 Å². The lowest BCUT2D eigenvalue weighted by atomic mass is 10.2. The van der Waals surface area contributed by atoms with Crippen molar-refractivity contribution in [1.29, 1.82) is 0 Å². The summed E-state index contributed by atoms with van der Waals surface area (Å²) in [5, 5.41) is 11.9. The van der Waals surface area contributed by atoms with Crippen molar-refractivity contribution in [1.82, 2.24) is 5.32 Å². The number of aromatic hydroxyl groups is 1. The molecule has 0 aliphatic carbocycles. The Balaban J connectivity index is 2.36. The second-order valence-electron chi connectivity index (χ2n) is 5.11. The standard InChI is InChI=1S/C14H21NO5/c1-14(2,3)20-13(17)15-7-8-19-11-6-5-10(16)9-12(11)18-4/h5-6,9,16H,7-8H2,1-4H3,(H,15,17). The molecule has 0 heterocycles. The molecule has 1 rings (SSSR count). The van der Waals surface area contributed by atoms with Gasteiger partial charge < -0.3 is 24.6 Å². The second kappa shape index (κ2) is 6.88. The van der Waals surface area contributed by atoms with E-state index in [1.807, 2.05) is 0 Å². The van der Waals surface area contributed by atoms with Crippen molar-refractivity contribution in [3.63, 3.8) is 0 Å². The van der Waals surface area contributed by atoms with Gasteiger partial charge in [-0.25, -0.2) is 4.79 Å². The van der Waals surface area contributed by atoms with E-state index in [1.165, 1.54) is 19.2 Å². The summed E-state index contributed by atoms with van der Waals surface area (Å²) in [6.45, 7) is 5.96. The van der Waals surface area contributed by atoms with Gasteiger partial charge in [-0.1, -0.05) is 0 Å². The van der Waals surface area contributed by atoms with E-state index in [4.69, 9.17) is 14.2 Å². The summed E-state index contributed by atoms with van der Waals surface area (Å²) in [6.07, 6.45) is -0.487. The quantitative estimate of drug-likeness (QED) is 0.811. The molecule has 0 atom stereocenters. The van der Waals surface area contributed by atoms with Crippen molar-refractivity contribution in [2.45, 2.75) is 26.4 Å². The number of amides is 1. The molecule has 1 aromatic rings. The highest BCUT2D eigenvalue weighted by Gasteiger charge is 2.15. The minimum Gasteiger partial charge on any atom is -0.508 e. The van der Waals surface area contributed by atoms with Crippen molar-refractivity contribution in [3.05, 3.63) is 18.2 Å². The first-order valence-corrected chi connectivity index (χ1v) is 6.28. The number of methoxy groups -OCH3 is 1. The minimum atomic E-state index is -0.523. The Labute approximate surface area is 118 Å². The van der Waals surface area contributed by atoms with E-state index in [2.05, 4.69) is 5.32 Å². The fraction of sp³-hybridized carbons (Fsp3) is 0.500. The van der Waals surface area contributed by atoms with Crippen LogP contribution in [-0.4, -0.2) is 37.1 Å². The highest BCUT2D eigenvalue weighted by Crippen LogP contribution is 2.30. The van der Waals surface area contributed by atoms with Crippen molar-refractivity contribution >= 4 is 6.09 Å². The van der Waals surface area contributed by atoms with Crippen molar-refractivity contribution < 1.29 is 24.1 Å². The van der Waals surface area contributed by atoms with Crippen LogP contribution in [-0.2, 0) is 4.74 Å². The van der Waals surface area contributed by atoms with Gasteiger partial charge in [0.2, 0.25) is 0 Å². The molecule has 20 heavy (non-hydrogen) atoms. The van der Waals surface area contributed by atoms with E-state index >= 15 is 0 Å². The van der Waals surface area contributed by atoms with Gasteiger partial charge in [-0.05, 0) is 32.9 Å². The number of ether oxygens (including phenoxy) is 3. The van der Waals surface area contributed by atoms with E-state index in [-0.39, 0.29) is 12.4 Å². The fourth-order valence-electron chi connectivity index (χ4n) is 1.40. The van der Waals surface area contributed by atoms with Crippen LogP contribution in [0.25, 0.3) is 0 Å². The number of nitrogens with one attached hydrogen (secondary N) is 1. The van der Waals surface area contributed by atoms with Gasteiger partial charge in [0.25, 0.3) is 0 Å². The van der Waals surface area contributed by atoms with Crippen LogP contribution in [0.5, 0.6) is 17.2 Å². The van der Waals surface area contributed by atoms with Crippen LogP contribution >= 0.6 is 0 Å². The highest BCUT2D eigenvalue weighted by atomic mass is 16.6. The van der Waals surface area contributed by atoms with Crippen LogP contribution in [0.4, 0.5) is 4.79 Å². The lowest BCUT2D eigenvalue weighted by Crippen LogP contribution is -2.34. The molecule has 112 valence electrons. The van der Waals surface area contributed by atoms with Gasteiger partial charge in [0.05, 0.1) is 13.7 Å². The Morgan fingerprint density at radius 1 is 1.30 bits per heavy atom. The summed E-state index contributed by atoms with van der Waals surface area (Å²) in [5.41, 5.74) is -0.523. The molecule has 0 bridgehead atoms. The molecule has 0 saturated carbocycles. The number of phenolic OH excluding ortho intramolecular Hbond substituents is 1. The number of alkyl carbamates (subject to hydrolysis) is 1. The zero-order valence-corrected chi connectivity index (χ0v) is 12.2. The number of hydrogen-bond donors (Lipinski definition) is 2. The van der Waals surface area contributed by atoms with Gasteiger partial charge in [0.1, 0.15) is 18.0 Å². The van der Waals surface area contributed by atoms with Crippen molar-refractivity contribution in [2.75, 3.05) is 20.3 Å². The molecule has 1 aromatic carbocycles. The first-order chi connectivity index (χ1) is 9.31. The topological polar surface area (TPSA) is 77.0 Å². The first-order valence-electron chi connectivity index (χ1n) is 6.28. The summed E-state index contributed by atoms with van der Waals surface area (Å²) in [6, 6.07) is 4.55. The van der Waals surface area contributed by atoms with E-state index in [0.717, 1.165) is 0 Å². The molecule has 0 fully saturated rings. The van der Waals surface area contributed by atoms with Gasteiger partial charge in [0, 0.05) is 6.07 Å². The van der Waals surface area contributed by atoms with Crippen molar-refractivity contribution in [2.24, 2.45) is 0 Å². The lowest BCUT2D eigenvalue weighted by Gasteiger charge is -2.19. The Morgan fingerprint density at radius 2 is 2.00 bits per heavy atom. The maximum absolute atomic E-state index is 11.4. The predicted octanol–water partition coefficient (Wildman–Crippen LogP) is 2.30. The predicted molar refractivity (Wildman–Crippen MR) is 74.4 cm³/mol. The van der Waals surface area contributed by atoms with Crippen LogP contribution < -0.4 is 14.8 Å². The molecule has 1 amide bonds. The summed E-state index contributed by atoms with van der Waals surface area (Å²) in [7, 11) is 1.49. The zero-order chi connectivity index (χ0) is 15.2. The molecular formula is C14H21NO5. The van der Waals surface area contributed by atoms with Gasteiger partial charge in [-0.2, -0.15) is 0 Å². The fourth-order valence-corrected chi connectivity index (χ4v) is 1.40. The largest absolute Gasteiger partial charge is 0.508 e. The molecule has 0 radical (unpaired) electrons. The molecule has 0 spiro atoms.